The molecule has 1 N–H and O–H groups in total. The summed E-state index contributed by atoms with van der Waals surface area (Å²) in [6.45, 7) is 14.7. The molecule has 59 heavy (non-hydrogen) atoms. The molecule has 1 atom stereocenters. The molecule has 0 radical (unpaired) electrons. The van der Waals surface area contributed by atoms with E-state index < -0.39 is 35.5 Å². The van der Waals surface area contributed by atoms with Gasteiger partial charge in [-0.2, -0.15) is 0 Å². The van der Waals surface area contributed by atoms with Gasteiger partial charge in [-0.25, -0.2) is 9.24 Å². The first-order chi connectivity index (χ1) is 28.5. The van der Waals surface area contributed by atoms with Gasteiger partial charge in [-0.3, -0.25) is 39.1 Å². The molecule has 13 nitrogen and oxygen atoms in total. The van der Waals surface area contributed by atoms with Crippen LogP contribution in [0.3, 0.4) is 0 Å². The Hall–Kier alpha value is -5.52. The molecule has 5 amide bonds. The second-order valence-corrected chi connectivity index (χ2v) is 17.2. The van der Waals surface area contributed by atoms with Gasteiger partial charge in [-0.1, -0.05) is 17.7 Å². The third-order valence-corrected chi connectivity index (χ3v) is 13.9. The quantitative estimate of drug-likeness (QED) is 0.259. The van der Waals surface area contributed by atoms with Gasteiger partial charge in [0.15, 0.2) is 0 Å². The molecule has 6 aliphatic heterocycles. The van der Waals surface area contributed by atoms with Crippen molar-refractivity contribution in [1.82, 2.24) is 20.0 Å². The Morgan fingerprint density at radius 2 is 1.37 bits per heavy atom. The van der Waals surface area contributed by atoms with Crippen LogP contribution in [0.5, 0.6) is 0 Å². The van der Waals surface area contributed by atoms with E-state index in [-0.39, 0.29) is 40.9 Å². The third-order valence-electron chi connectivity index (χ3n) is 13.6. The Kier molecular flexibility index (Phi) is 10.3. The van der Waals surface area contributed by atoms with Gasteiger partial charge in [0.25, 0.3) is 17.7 Å². The molecule has 0 saturated carbocycles. The van der Waals surface area contributed by atoms with Crippen molar-refractivity contribution >= 4 is 63.9 Å². The maximum atomic E-state index is 15.6. The number of nitrogens with one attached hydrogen (secondary N) is 1. The summed E-state index contributed by atoms with van der Waals surface area (Å²) in [5.41, 5.74) is 3.99. The maximum absolute atomic E-state index is 15.6. The van der Waals surface area contributed by atoms with Gasteiger partial charge in [-0.15, -0.1) is 0 Å². The number of carbonyl (C=O) groups excluding carboxylic acids is 5. The number of rotatable bonds is 6. The Labute approximate surface area is 347 Å². The van der Waals surface area contributed by atoms with Crippen molar-refractivity contribution in [2.45, 2.75) is 57.0 Å². The Balaban J connectivity index is 0.745. The number of fused-ring (bicyclic) bond motifs is 1. The number of benzene rings is 3. The van der Waals surface area contributed by atoms with Crippen LogP contribution in [-0.2, 0) is 9.59 Å². The molecule has 3 aromatic carbocycles. The smallest absolute Gasteiger partial charge is 0.262 e. The lowest BCUT2D eigenvalue weighted by molar-refractivity contribution is -0.136. The van der Waals surface area contributed by atoms with Crippen molar-refractivity contribution in [3.8, 4) is 0 Å². The number of nitrogens with zero attached hydrogens (tertiary/aromatic N) is 7. The summed E-state index contributed by atoms with van der Waals surface area (Å²) in [5.74, 6) is -2.83. The highest BCUT2D eigenvalue weighted by Crippen LogP contribution is 2.44. The zero-order valence-corrected chi connectivity index (χ0v) is 33.6. The average molecular weight is 821 g/mol. The second-order valence-electron chi connectivity index (χ2n) is 16.8. The molecular weight excluding hydrogens is 775 g/mol. The van der Waals surface area contributed by atoms with Crippen LogP contribution in [0.25, 0.3) is 4.85 Å². The summed E-state index contributed by atoms with van der Waals surface area (Å²) in [6, 6.07) is 15.2. The highest BCUT2D eigenvalue weighted by Gasteiger charge is 2.45. The van der Waals surface area contributed by atoms with Crippen LogP contribution in [0.4, 0.5) is 27.1 Å². The molecule has 0 aliphatic carbocycles. The van der Waals surface area contributed by atoms with Crippen molar-refractivity contribution in [2.75, 3.05) is 80.1 Å². The van der Waals surface area contributed by atoms with Crippen molar-refractivity contribution < 1.29 is 28.4 Å². The molecule has 1 unspecified atom stereocenters. The molecule has 1 spiro atoms. The summed E-state index contributed by atoms with van der Waals surface area (Å²) < 4.78 is 15.6. The van der Waals surface area contributed by atoms with Crippen LogP contribution >= 0.6 is 11.6 Å². The normalized spacial score (nSPS) is 22.6. The lowest BCUT2D eigenvalue weighted by atomic mass is 9.77. The summed E-state index contributed by atoms with van der Waals surface area (Å²) >= 11 is 6.32. The average Bonchev–Trinajstić information content (AvgIpc) is 3.77. The zero-order valence-electron chi connectivity index (χ0n) is 32.8. The third kappa shape index (κ3) is 7.29. The maximum Gasteiger partial charge on any atom is 0.262 e. The van der Waals surface area contributed by atoms with E-state index in [0.717, 1.165) is 93.3 Å². The van der Waals surface area contributed by atoms with Crippen molar-refractivity contribution in [2.24, 2.45) is 5.41 Å². The van der Waals surface area contributed by atoms with Gasteiger partial charge >= 0.3 is 0 Å². The fourth-order valence-electron chi connectivity index (χ4n) is 10.1. The highest BCUT2D eigenvalue weighted by atomic mass is 35.5. The minimum absolute atomic E-state index is 0.0740. The van der Waals surface area contributed by atoms with Crippen LogP contribution in [0.2, 0.25) is 5.02 Å². The largest absolute Gasteiger partial charge is 0.371 e. The Morgan fingerprint density at radius 3 is 2.05 bits per heavy atom. The zero-order chi connectivity index (χ0) is 41.0. The van der Waals surface area contributed by atoms with Crippen LogP contribution in [-0.4, -0.2) is 122 Å². The Bertz CT molecular complexity index is 2270. The number of carbonyl (C=O) groups is 5. The monoisotopic (exact) mass is 820 g/mol. The first-order valence-electron chi connectivity index (χ1n) is 20.6. The molecule has 0 aromatic heterocycles. The summed E-state index contributed by atoms with van der Waals surface area (Å²) in [4.78, 5) is 79.5. The molecule has 0 bridgehead atoms. The van der Waals surface area contributed by atoms with Crippen molar-refractivity contribution in [3.63, 3.8) is 0 Å². The minimum atomic E-state index is -0.997. The minimum Gasteiger partial charge on any atom is -0.371 e. The standard InChI is InChI=1S/C44H46ClFN8O5/c1-47-37-7-4-30(25-35(37)45)53-19-14-44(27-53)12-17-50(18-13-44)31-3-6-33(36(46)26-31)41(57)52-22-20-51(21-23-52)28-10-15-49(16-11-28)29-2-5-32-34(24-29)43(59)54(42(32)58)38-8-9-39(55)48-40(38)56/h2-7,24-26,28,38H,8-23,27H2,(H,48,55,56). The molecule has 306 valence electrons. The van der Waals surface area contributed by atoms with Gasteiger partial charge in [0.05, 0.1) is 23.3 Å². The fourth-order valence-corrected chi connectivity index (χ4v) is 10.3. The molecular formula is C44H46ClFN8O5. The number of piperazine rings is 1. The Morgan fingerprint density at radius 1 is 0.746 bits per heavy atom. The SMILES string of the molecule is [C-]#[N+]c1ccc(N2CCC3(CCN(c4ccc(C(=O)N5CCN(C6CCN(c7ccc8c(c7)C(=O)N(C7CCC(=O)NC7=O)C8=O)CC6)CC5)c(F)c4)CC3)C2)cc1Cl. The lowest BCUT2D eigenvalue weighted by Crippen LogP contribution is -2.54. The topological polar surface area (TPSA) is 121 Å². The fraction of sp³-hybridized carbons (Fsp3) is 0.455. The van der Waals surface area contributed by atoms with Gasteiger partial charge in [0, 0.05) is 100.0 Å². The number of piperidine rings is 3. The number of amides is 5. The van der Waals surface area contributed by atoms with Crippen molar-refractivity contribution in [1.29, 1.82) is 0 Å². The van der Waals surface area contributed by atoms with E-state index in [1.54, 1.807) is 29.2 Å². The predicted octanol–water partition coefficient (Wildman–Crippen LogP) is 5.35. The first-order valence-corrected chi connectivity index (χ1v) is 21.0. The number of halogens is 2. The molecule has 5 fully saturated rings. The molecule has 5 saturated heterocycles. The number of hydrogen-bond donors (Lipinski definition) is 1. The number of anilines is 3. The molecule has 15 heteroatoms. The van der Waals surface area contributed by atoms with Crippen LogP contribution < -0.4 is 20.0 Å². The van der Waals surface area contributed by atoms with E-state index in [9.17, 15) is 24.0 Å². The van der Waals surface area contributed by atoms with Gasteiger partial charge in [-0.05, 0) is 92.5 Å². The van der Waals surface area contributed by atoms with Gasteiger partial charge < -0.3 is 19.6 Å². The molecule has 3 aromatic rings. The molecule has 6 heterocycles. The van der Waals surface area contributed by atoms with E-state index in [1.807, 2.05) is 24.3 Å². The van der Waals surface area contributed by atoms with E-state index in [2.05, 4.69) is 29.8 Å². The van der Waals surface area contributed by atoms with Gasteiger partial charge in [0.2, 0.25) is 17.5 Å². The highest BCUT2D eigenvalue weighted by molar-refractivity contribution is 6.33. The summed E-state index contributed by atoms with van der Waals surface area (Å²) in [7, 11) is 0. The first kappa shape index (κ1) is 39.0. The summed E-state index contributed by atoms with van der Waals surface area (Å²) in [6.07, 6.45) is 5.03. The van der Waals surface area contributed by atoms with E-state index >= 15 is 4.39 Å². The summed E-state index contributed by atoms with van der Waals surface area (Å²) in [5, 5.41) is 2.71. The van der Waals surface area contributed by atoms with E-state index in [1.165, 1.54) is 6.07 Å². The molecule has 9 rings (SSSR count). The van der Waals surface area contributed by atoms with Crippen molar-refractivity contribution in [3.05, 3.63) is 93.5 Å². The number of hydrogen-bond acceptors (Lipinski definition) is 9. The van der Waals surface area contributed by atoms with Crippen LogP contribution in [0.1, 0.15) is 76.0 Å². The molecule has 6 aliphatic rings. The van der Waals surface area contributed by atoms with E-state index in [4.69, 9.17) is 18.2 Å². The predicted molar refractivity (Wildman–Crippen MR) is 221 cm³/mol. The van der Waals surface area contributed by atoms with Crippen LogP contribution in [0.15, 0.2) is 54.6 Å². The van der Waals surface area contributed by atoms with E-state index in [0.29, 0.717) is 42.9 Å². The van der Waals surface area contributed by atoms with Gasteiger partial charge in [0.1, 0.15) is 11.9 Å². The van der Waals surface area contributed by atoms with Crippen LogP contribution in [0, 0.1) is 17.8 Å². The lowest BCUT2D eigenvalue weighted by Gasteiger charge is -2.43. The number of imide groups is 2. The second kappa shape index (κ2) is 15.6.